The molecule has 0 spiro atoms. The lowest BCUT2D eigenvalue weighted by atomic mass is 9.86. The van der Waals surface area contributed by atoms with Gasteiger partial charge in [-0.1, -0.05) is 28.9 Å². The summed E-state index contributed by atoms with van der Waals surface area (Å²) in [4.78, 5) is 14.0. The van der Waals surface area contributed by atoms with Gasteiger partial charge in [0.25, 0.3) is 0 Å². The van der Waals surface area contributed by atoms with E-state index in [0.29, 0.717) is 5.92 Å². The molecule has 4 heteroatoms. The maximum absolute atomic E-state index is 12.1. The topological polar surface area (TPSA) is 29.5 Å². The molecule has 0 bridgehead atoms. The summed E-state index contributed by atoms with van der Waals surface area (Å²) >= 11 is 3.55. The van der Waals surface area contributed by atoms with Gasteiger partial charge >= 0.3 is 6.09 Å². The van der Waals surface area contributed by atoms with Crippen LogP contribution in [-0.4, -0.2) is 29.7 Å². The molecule has 1 fully saturated rings. The average Bonchev–Trinajstić information content (AvgIpc) is 2.45. The molecule has 0 aromatic heterocycles. The minimum absolute atomic E-state index is 0.183. The highest BCUT2D eigenvalue weighted by Gasteiger charge is 2.28. The molecular formula is C18H26BrNO2. The Hall–Kier alpha value is -1.03. The zero-order valence-corrected chi connectivity index (χ0v) is 15.6. The molecule has 22 heavy (non-hydrogen) atoms. The maximum atomic E-state index is 12.1. The van der Waals surface area contributed by atoms with E-state index >= 15 is 0 Å². The predicted octanol–water partition coefficient (Wildman–Crippen LogP) is 5.13. The van der Waals surface area contributed by atoms with Crippen LogP contribution in [0.1, 0.15) is 57.6 Å². The van der Waals surface area contributed by atoms with Crippen LogP contribution in [0.4, 0.5) is 4.79 Å². The number of piperidine rings is 1. The van der Waals surface area contributed by atoms with E-state index in [0.717, 1.165) is 36.8 Å². The molecule has 1 heterocycles. The standard InChI is InChI=1S/C18H26BrNO2/c1-5-13-12-15(19)6-7-16(13)14-8-10-20(11-9-14)17(21)22-18(2,3)4/h6-7,12,14H,5,8-11H2,1-4H3. The molecule has 1 aliphatic heterocycles. The van der Waals surface area contributed by atoms with E-state index in [-0.39, 0.29) is 6.09 Å². The summed E-state index contributed by atoms with van der Waals surface area (Å²) < 4.78 is 6.60. The van der Waals surface area contributed by atoms with Crippen LogP contribution in [0.5, 0.6) is 0 Å². The number of aryl methyl sites for hydroxylation is 1. The number of benzene rings is 1. The molecule has 2 rings (SSSR count). The minimum Gasteiger partial charge on any atom is -0.444 e. The number of nitrogens with zero attached hydrogens (tertiary/aromatic N) is 1. The molecule has 0 unspecified atom stereocenters. The van der Waals surface area contributed by atoms with E-state index in [1.807, 2.05) is 25.7 Å². The van der Waals surface area contributed by atoms with Crippen LogP contribution >= 0.6 is 15.9 Å². The van der Waals surface area contributed by atoms with E-state index < -0.39 is 5.60 Å². The van der Waals surface area contributed by atoms with Crippen molar-refractivity contribution in [3.8, 4) is 0 Å². The number of ether oxygens (including phenoxy) is 1. The summed E-state index contributed by atoms with van der Waals surface area (Å²) in [5, 5.41) is 0. The van der Waals surface area contributed by atoms with Gasteiger partial charge in [-0.2, -0.15) is 0 Å². The van der Waals surface area contributed by atoms with Crippen molar-refractivity contribution in [1.82, 2.24) is 4.90 Å². The lowest BCUT2D eigenvalue weighted by Crippen LogP contribution is -2.41. The number of likely N-dealkylation sites (tertiary alicyclic amines) is 1. The third-order valence-electron chi connectivity index (χ3n) is 4.07. The zero-order valence-electron chi connectivity index (χ0n) is 14.0. The molecule has 1 aliphatic rings. The summed E-state index contributed by atoms with van der Waals surface area (Å²) in [5.74, 6) is 0.543. The molecule has 0 saturated carbocycles. The van der Waals surface area contributed by atoms with Gasteiger partial charge in [-0.3, -0.25) is 0 Å². The molecular weight excluding hydrogens is 342 g/mol. The van der Waals surface area contributed by atoms with Crippen LogP contribution < -0.4 is 0 Å². The third kappa shape index (κ3) is 4.48. The number of carbonyl (C=O) groups is 1. The first kappa shape index (κ1) is 17.3. The molecule has 0 radical (unpaired) electrons. The van der Waals surface area contributed by atoms with Gasteiger partial charge in [-0.25, -0.2) is 4.79 Å². The number of carbonyl (C=O) groups excluding carboxylic acids is 1. The fraction of sp³-hybridized carbons (Fsp3) is 0.611. The van der Waals surface area contributed by atoms with Gasteiger partial charge in [0.2, 0.25) is 0 Å². The molecule has 1 aromatic carbocycles. The van der Waals surface area contributed by atoms with E-state index in [2.05, 4.69) is 41.1 Å². The lowest BCUT2D eigenvalue weighted by Gasteiger charge is -2.34. The lowest BCUT2D eigenvalue weighted by molar-refractivity contribution is 0.0204. The van der Waals surface area contributed by atoms with Gasteiger partial charge in [-0.05, 0) is 69.2 Å². The minimum atomic E-state index is -0.422. The second-order valence-electron chi connectivity index (χ2n) is 6.94. The first-order valence-corrected chi connectivity index (χ1v) is 8.85. The summed E-state index contributed by atoms with van der Waals surface area (Å²) in [6.07, 6.45) is 2.88. The first-order chi connectivity index (χ1) is 10.3. The van der Waals surface area contributed by atoms with Crippen LogP contribution in [0.25, 0.3) is 0 Å². The van der Waals surface area contributed by atoms with Gasteiger partial charge in [0.15, 0.2) is 0 Å². The summed E-state index contributed by atoms with van der Waals surface area (Å²) in [6.45, 7) is 9.48. The SMILES string of the molecule is CCc1cc(Br)ccc1C1CCN(C(=O)OC(C)(C)C)CC1. The number of amides is 1. The van der Waals surface area contributed by atoms with Crippen molar-refractivity contribution in [2.45, 2.75) is 58.5 Å². The highest BCUT2D eigenvalue weighted by atomic mass is 79.9. The quantitative estimate of drug-likeness (QED) is 0.725. The fourth-order valence-corrected chi connectivity index (χ4v) is 3.39. The summed E-state index contributed by atoms with van der Waals surface area (Å²) in [6, 6.07) is 6.57. The Kier molecular flexibility index (Phi) is 5.54. The first-order valence-electron chi connectivity index (χ1n) is 8.06. The summed E-state index contributed by atoms with van der Waals surface area (Å²) in [7, 11) is 0. The van der Waals surface area contributed by atoms with Crippen molar-refractivity contribution in [2.24, 2.45) is 0 Å². The highest BCUT2D eigenvalue weighted by Crippen LogP contribution is 2.32. The number of hydrogen-bond donors (Lipinski definition) is 0. The van der Waals surface area contributed by atoms with Crippen molar-refractivity contribution in [3.05, 3.63) is 33.8 Å². The number of rotatable bonds is 2. The van der Waals surface area contributed by atoms with Crippen LogP contribution in [0.15, 0.2) is 22.7 Å². The molecule has 0 atom stereocenters. The van der Waals surface area contributed by atoms with Gasteiger partial charge in [0.1, 0.15) is 5.60 Å². The largest absolute Gasteiger partial charge is 0.444 e. The van der Waals surface area contributed by atoms with E-state index in [9.17, 15) is 4.79 Å². The Bertz CT molecular complexity index is 528. The number of halogens is 1. The molecule has 3 nitrogen and oxygen atoms in total. The molecule has 1 aromatic rings. The number of hydrogen-bond acceptors (Lipinski definition) is 2. The van der Waals surface area contributed by atoms with E-state index in [1.165, 1.54) is 11.1 Å². The molecule has 1 saturated heterocycles. The molecule has 0 aliphatic carbocycles. The van der Waals surface area contributed by atoms with Gasteiger partial charge in [-0.15, -0.1) is 0 Å². The zero-order chi connectivity index (χ0) is 16.3. The maximum Gasteiger partial charge on any atom is 0.410 e. The average molecular weight is 368 g/mol. The normalized spacial score (nSPS) is 16.7. The monoisotopic (exact) mass is 367 g/mol. The second kappa shape index (κ2) is 7.03. The van der Waals surface area contributed by atoms with Gasteiger partial charge in [0.05, 0.1) is 0 Å². The highest BCUT2D eigenvalue weighted by molar-refractivity contribution is 9.10. The van der Waals surface area contributed by atoms with Crippen LogP contribution in [0, 0.1) is 0 Å². The van der Waals surface area contributed by atoms with Gasteiger partial charge < -0.3 is 9.64 Å². The Morgan fingerprint density at radius 3 is 2.50 bits per heavy atom. The van der Waals surface area contributed by atoms with Crippen molar-refractivity contribution >= 4 is 22.0 Å². The Balaban J connectivity index is 1.99. The summed E-state index contributed by atoms with van der Waals surface area (Å²) in [5.41, 5.74) is 2.43. The predicted molar refractivity (Wildman–Crippen MR) is 93.3 cm³/mol. The van der Waals surface area contributed by atoms with E-state index in [1.54, 1.807) is 0 Å². The van der Waals surface area contributed by atoms with E-state index in [4.69, 9.17) is 4.74 Å². The van der Waals surface area contributed by atoms with Crippen molar-refractivity contribution in [1.29, 1.82) is 0 Å². The third-order valence-corrected chi connectivity index (χ3v) is 4.57. The molecule has 122 valence electrons. The van der Waals surface area contributed by atoms with Crippen LogP contribution in [0.2, 0.25) is 0 Å². The van der Waals surface area contributed by atoms with Crippen LogP contribution in [-0.2, 0) is 11.2 Å². The van der Waals surface area contributed by atoms with Crippen molar-refractivity contribution in [2.75, 3.05) is 13.1 Å². The van der Waals surface area contributed by atoms with Crippen LogP contribution in [0.3, 0.4) is 0 Å². The molecule has 0 N–H and O–H groups in total. The van der Waals surface area contributed by atoms with Crippen molar-refractivity contribution < 1.29 is 9.53 Å². The smallest absolute Gasteiger partial charge is 0.410 e. The fourth-order valence-electron chi connectivity index (χ4n) is 2.98. The Morgan fingerprint density at radius 1 is 1.32 bits per heavy atom. The van der Waals surface area contributed by atoms with Crippen molar-refractivity contribution in [3.63, 3.8) is 0 Å². The Morgan fingerprint density at radius 2 is 1.95 bits per heavy atom. The molecule has 1 amide bonds. The Labute approximate surface area is 142 Å². The second-order valence-corrected chi connectivity index (χ2v) is 7.85. The van der Waals surface area contributed by atoms with Gasteiger partial charge in [0, 0.05) is 17.6 Å².